The van der Waals surface area contributed by atoms with Gasteiger partial charge in [-0.2, -0.15) is 0 Å². The number of hydrogen-bond acceptors (Lipinski definition) is 5. The standard InChI is InChI=1S/C9H17O5P/c1-5-13-8(10)7-9(14-6-2)15(11-3)12-4/h7H,5-6H2,1-4H3/b9-7-. The minimum absolute atomic E-state index is 0.326. The Morgan fingerprint density at radius 1 is 1.13 bits per heavy atom. The van der Waals surface area contributed by atoms with Crippen molar-refractivity contribution in [3.63, 3.8) is 0 Å². The molecule has 0 aliphatic carbocycles. The lowest BCUT2D eigenvalue weighted by molar-refractivity contribution is -0.137. The summed E-state index contributed by atoms with van der Waals surface area (Å²) in [5, 5.41) is 0. The summed E-state index contributed by atoms with van der Waals surface area (Å²) in [7, 11) is 1.66. The molecular weight excluding hydrogens is 219 g/mol. The van der Waals surface area contributed by atoms with Crippen molar-refractivity contribution in [3.8, 4) is 0 Å². The number of esters is 1. The lowest BCUT2D eigenvalue weighted by atomic mass is 10.6. The molecule has 0 amide bonds. The topological polar surface area (TPSA) is 54.0 Å². The highest BCUT2D eigenvalue weighted by Crippen LogP contribution is 2.45. The number of carbonyl (C=O) groups is 1. The molecule has 0 saturated carbocycles. The van der Waals surface area contributed by atoms with Gasteiger partial charge in [0.25, 0.3) is 0 Å². The fraction of sp³-hybridized carbons (Fsp3) is 0.667. The van der Waals surface area contributed by atoms with Gasteiger partial charge < -0.3 is 18.5 Å². The van der Waals surface area contributed by atoms with Crippen molar-refractivity contribution in [2.45, 2.75) is 13.8 Å². The quantitative estimate of drug-likeness (QED) is 0.293. The first kappa shape index (κ1) is 14.4. The van der Waals surface area contributed by atoms with Gasteiger partial charge in [-0.25, -0.2) is 4.79 Å². The molecule has 0 saturated heterocycles. The van der Waals surface area contributed by atoms with Gasteiger partial charge >= 0.3 is 5.97 Å². The Labute approximate surface area is 91.3 Å². The van der Waals surface area contributed by atoms with E-state index in [9.17, 15) is 4.79 Å². The summed E-state index contributed by atoms with van der Waals surface area (Å²) in [5.74, 6) is -0.456. The molecule has 0 aromatic carbocycles. The lowest BCUT2D eigenvalue weighted by Crippen LogP contribution is -2.03. The average molecular weight is 236 g/mol. The van der Waals surface area contributed by atoms with Crippen molar-refractivity contribution in [1.82, 2.24) is 0 Å². The molecule has 0 rings (SSSR count). The molecule has 0 atom stereocenters. The number of ether oxygens (including phenoxy) is 2. The molecule has 0 N–H and O–H groups in total. The summed E-state index contributed by atoms with van der Waals surface area (Å²) in [6, 6.07) is 0. The lowest BCUT2D eigenvalue weighted by Gasteiger charge is -2.15. The van der Waals surface area contributed by atoms with Gasteiger partial charge in [-0.15, -0.1) is 0 Å². The van der Waals surface area contributed by atoms with E-state index in [-0.39, 0.29) is 0 Å². The van der Waals surface area contributed by atoms with Crippen LogP contribution in [0.5, 0.6) is 0 Å². The monoisotopic (exact) mass is 236 g/mol. The fourth-order valence-electron chi connectivity index (χ4n) is 0.834. The van der Waals surface area contributed by atoms with Crippen LogP contribution in [-0.2, 0) is 23.3 Å². The first-order chi connectivity index (χ1) is 7.19. The van der Waals surface area contributed by atoms with Crippen LogP contribution in [0.1, 0.15) is 13.8 Å². The van der Waals surface area contributed by atoms with E-state index in [4.69, 9.17) is 18.5 Å². The van der Waals surface area contributed by atoms with Crippen molar-refractivity contribution in [2.75, 3.05) is 27.4 Å². The van der Waals surface area contributed by atoms with Crippen molar-refractivity contribution >= 4 is 14.3 Å². The van der Waals surface area contributed by atoms with E-state index in [2.05, 4.69) is 0 Å². The SMILES string of the molecule is CCOC(=O)/C=C(/OCC)P(OC)OC. The summed E-state index contributed by atoms with van der Waals surface area (Å²) in [6.07, 6.45) is 1.26. The Morgan fingerprint density at radius 2 is 1.67 bits per heavy atom. The van der Waals surface area contributed by atoms with Crippen LogP contribution in [0.25, 0.3) is 0 Å². The van der Waals surface area contributed by atoms with Gasteiger partial charge in [0.15, 0.2) is 5.50 Å². The van der Waals surface area contributed by atoms with Crippen LogP contribution in [0.4, 0.5) is 0 Å². The summed E-state index contributed by atoms with van der Waals surface area (Å²) in [5.41, 5.74) is 0.371. The molecule has 15 heavy (non-hydrogen) atoms. The summed E-state index contributed by atoms with van der Waals surface area (Å²) >= 11 is 0. The van der Waals surface area contributed by atoms with Gasteiger partial charge in [0, 0.05) is 14.2 Å². The molecular formula is C9H17O5P. The van der Waals surface area contributed by atoms with E-state index >= 15 is 0 Å². The average Bonchev–Trinajstić information content (AvgIpc) is 2.20. The predicted molar refractivity (Wildman–Crippen MR) is 57.3 cm³/mol. The van der Waals surface area contributed by atoms with Crippen LogP contribution in [0, 0.1) is 0 Å². The molecule has 0 spiro atoms. The molecule has 0 aromatic rings. The number of carbonyl (C=O) groups excluding carboxylic acids is 1. The highest BCUT2D eigenvalue weighted by Gasteiger charge is 2.17. The molecule has 0 aliphatic heterocycles. The van der Waals surface area contributed by atoms with Crippen molar-refractivity contribution in [1.29, 1.82) is 0 Å². The van der Waals surface area contributed by atoms with E-state index in [1.54, 1.807) is 6.92 Å². The van der Waals surface area contributed by atoms with Crippen molar-refractivity contribution in [2.24, 2.45) is 0 Å². The third-order valence-electron chi connectivity index (χ3n) is 1.33. The molecule has 0 fully saturated rings. The third-order valence-corrected chi connectivity index (χ3v) is 2.61. The highest BCUT2D eigenvalue weighted by molar-refractivity contribution is 7.51. The number of rotatable bonds is 7. The Balaban J connectivity index is 4.54. The maximum atomic E-state index is 11.2. The molecule has 0 unspecified atom stereocenters. The zero-order valence-electron chi connectivity index (χ0n) is 9.48. The molecule has 0 radical (unpaired) electrons. The Hall–Kier alpha value is -0.640. The van der Waals surface area contributed by atoms with Crippen LogP contribution in [0.2, 0.25) is 0 Å². The van der Waals surface area contributed by atoms with E-state index < -0.39 is 14.3 Å². The smallest absolute Gasteiger partial charge is 0.334 e. The van der Waals surface area contributed by atoms with Gasteiger partial charge in [0.05, 0.1) is 19.3 Å². The molecule has 0 aliphatic rings. The fourth-order valence-corrected chi connectivity index (χ4v) is 1.79. The second-order valence-electron chi connectivity index (χ2n) is 2.29. The minimum Gasteiger partial charge on any atom is -0.488 e. The molecule has 0 heterocycles. The molecule has 5 nitrogen and oxygen atoms in total. The van der Waals surface area contributed by atoms with E-state index in [1.807, 2.05) is 6.92 Å². The van der Waals surface area contributed by atoms with Gasteiger partial charge in [0.2, 0.25) is 8.38 Å². The van der Waals surface area contributed by atoms with Crippen LogP contribution in [-0.4, -0.2) is 33.4 Å². The van der Waals surface area contributed by atoms with Gasteiger partial charge in [-0.3, -0.25) is 0 Å². The minimum atomic E-state index is -1.33. The van der Waals surface area contributed by atoms with E-state index in [1.165, 1.54) is 20.3 Å². The van der Waals surface area contributed by atoms with Gasteiger partial charge in [-0.1, -0.05) is 0 Å². The zero-order valence-corrected chi connectivity index (χ0v) is 10.4. The van der Waals surface area contributed by atoms with Crippen molar-refractivity contribution < 1.29 is 23.3 Å². The summed E-state index contributed by atoms with van der Waals surface area (Å²) < 4.78 is 20.1. The first-order valence-corrected chi connectivity index (χ1v) is 5.76. The molecule has 88 valence electrons. The predicted octanol–water partition coefficient (Wildman–Crippen LogP) is 2.03. The summed E-state index contributed by atoms with van der Waals surface area (Å²) in [6.45, 7) is 4.32. The molecule has 6 heteroatoms. The summed E-state index contributed by atoms with van der Waals surface area (Å²) in [4.78, 5) is 11.2. The van der Waals surface area contributed by atoms with E-state index in [0.717, 1.165) is 0 Å². The Morgan fingerprint density at radius 3 is 2.07 bits per heavy atom. The normalized spacial score (nSPS) is 11.7. The van der Waals surface area contributed by atoms with Crippen LogP contribution in [0.3, 0.4) is 0 Å². The molecule has 0 bridgehead atoms. The highest BCUT2D eigenvalue weighted by atomic mass is 31.2. The van der Waals surface area contributed by atoms with E-state index in [0.29, 0.717) is 18.7 Å². The Kier molecular flexibility index (Phi) is 8.28. The number of hydrogen-bond donors (Lipinski definition) is 0. The maximum absolute atomic E-state index is 11.2. The largest absolute Gasteiger partial charge is 0.488 e. The van der Waals surface area contributed by atoms with Crippen molar-refractivity contribution in [3.05, 3.63) is 11.6 Å². The third kappa shape index (κ3) is 5.72. The second kappa shape index (κ2) is 8.65. The van der Waals surface area contributed by atoms with Crippen LogP contribution in [0.15, 0.2) is 11.6 Å². The van der Waals surface area contributed by atoms with Crippen LogP contribution < -0.4 is 0 Å². The van der Waals surface area contributed by atoms with Gasteiger partial charge in [-0.05, 0) is 13.8 Å². The zero-order chi connectivity index (χ0) is 11.7. The molecule has 0 aromatic heterocycles. The first-order valence-electron chi connectivity index (χ1n) is 4.59. The van der Waals surface area contributed by atoms with Gasteiger partial charge in [0.1, 0.15) is 0 Å². The Bertz CT molecular complexity index is 213. The van der Waals surface area contributed by atoms with Crippen LogP contribution >= 0.6 is 8.38 Å². The maximum Gasteiger partial charge on any atom is 0.334 e. The second-order valence-corrected chi connectivity index (χ2v) is 3.98.